The molecule has 0 bridgehead atoms. The van der Waals surface area contributed by atoms with Crippen molar-refractivity contribution < 1.29 is 4.79 Å². The molecule has 4 rings (SSSR count). The lowest BCUT2D eigenvalue weighted by Crippen LogP contribution is -2.40. The molecule has 0 N–H and O–H groups in total. The van der Waals surface area contributed by atoms with E-state index in [9.17, 15) is 4.79 Å². The predicted octanol–water partition coefficient (Wildman–Crippen LogP) is 3.06. The van der Waals surface area contributed by atoms with Crippen LogP contribution in [0.25, 0.3) is 10.9 Å². The van der Waals surface area contributed by atoms with Gasteiger partial charge >= 0.3 is 0 Å². The van der Waals surface area contributed by atoms with Gasteiger partial charge in [0.25, 0.3) is 5.91 Å². The Morgan fingerprint density at radius 3 is 2.96 bits per heavy atom. The molecule has 3 heterocycles. The van der Waals surface area contributed by atoms with Crippen molar-refractivity contribution in [2.24, 2.45) is 13.0 Å². The number of para-hydroxylation sites is 1. The number of pyridine rings is 1. The van der Waals surface area contributed by atoms with Crippen LogP contribution in [-0.4, -0.2) is 38.4 Å². The molecule has 5 heteroatoms. The summed E-state index contributed by atoms with van der Waals surface area (Å²) in [5, 5.41) is 1.22. The summed E-state index contributed by atoms with van der Waals surface area (Å²) in [4.78, 5) is 23.3. The fraction of sp³-hybridized carbons (Fsp3) is 0.350. The van der Waals surface area contributed by atoms with Gasteiger partial charge in [0.2, 0.25) is 0 Å². The number of likely N-dealkylation sites (tertiary alicyclic amines) is 1. The monoisotopic (exact) mass is 334 g/mol. The summed E-state index contributed by atoms with van der Waals surface area (Å²) in [5.74, 6) is 0.525. The van der Waals surface area contributed by atoms with Gasteiger partial charge in [-0.25, -0.2) is 4.98 Å². The van der Waals surface area contributed by atoms with Gasteiger partial charge in [0.1, 0.15) is 5.69 Å². The van der Waals surface area contributed by atoms with Crippen LogP contribution in [0.4, 0.5) is 0 Å². The number of hydrogen-bond acceptors (Lipinski definition) is 3. The van der Waals surface area contributed by atoms with Gasteiger partial charge < -0.3 is 9.47 Å². The molecule has 0 aliphatic carbocycles. The highest BCUT2D eigenvalue weighted by atomic mass is 16.2. The van der Waals surface area contributed by atoms with E-state index in [1.54, 1.807) is 12.5 Å². The van der Waals surface area contributed by atoms with Crippen LogP contribution in [0.5, 0.6) is 0 Å². The van der Waals surface area contributed by atoms with Gasteiger partial charge in [0.05, 0.1) is 11.8 Å². The molecule has 1 aliphatic rings. The maximum atomic E-state index is 12.7. The number of aromatic nitrogens is 3. The molecule has 128 valence electrons. The van der Waals surface area contributed by atoms with Crippen molar-refractivity contribution in [1.29, 1.82) is 0 Å². The maximum Gasteiger partial charge on any atom is 0.274 e. The fourth-order valence-electron chi connectivity index (χ4n) is 3.75. The van der Waals surface area contributed by atoms with Crippen LogP contribution in [0.15, 0.2) is 49.1 Å². The van der Waals surface area contributed by atoms with E-state index < -0.39 is 0 Å². The average Bonchev–Trinajstić information content (AvgIpc) is 3.08. The standard InChI is InChI=1S/C20H22N4O/c1-23-13-19(22-14-23)20(25)24-10-4-5-15(12-24)11-16-8-9-21-18-7-3-2-6-17(16)18/h2-3,6-9,13-15H,4-5,10-12H2,1H3. The lowest BCUT2D eigenvalue weighted by atomic mass is 9.90. The zero-order valence-electron chi connectivity index (χ0n) is 14.4. The van der Waals surface area contributed by atoms with E-state index in [0.717, 1.165) is 37.9 Å². The number of carbonyl (C=O) groups is 1. The molecule has 1 aromatic carbocycles. The van der Waals surface area contributed by atoms with Crippen LogP contribution in [0.2, 0.25) is 0 Å². The summed E-state index contributed by atoms with van der Waals surface area (Å²) in [7, 11) is 1.89. The number of imidazole rings is 1. The van der Waals surface area contributed by atoms with E-state index in [1.807, 2.05) is 28.8 Å². The fourth-order valence-corrected chi connectivity index (χ4v) is 3.75. The highest BCUT2D eigenvalue weighted by Gasteiger charge is 2.26. The van der Waals surface area contributed by atoms with Crippen LogP contribution in [0.1, 0.15) is 28.9 Å². The maximum absolute atomic E-state index is 12.7. The summed E-state index contributed by atoms with van der Waals surface area (Å²) in [6.07, 6.45) is 8.54. The molecule has 0 saturated carbocycles. The van der Waals surface area contributed by atoms with Crippen molar-refractivity contribution in [2.45, 2.75) is 19.3 Å². The van der Waals surface area contributed by atoms with Crippen LogP contribution in [0, 0.1) is 5.92 Å². The third-order valence-corrected chi connectivity index (χ3v) is 4.98. The minimum atomic E-state index is 0.0462. The number of carbonyl (C=O) groups excluding carboxylic acids is 1. The molecule has 1 saturated heterocycles. The molecule has 2 aromatic heterocycles. The number of amides is 1. The topological polar surface area (TPSA) is 51.0 Å². The third-order valence-electron chi connectivity index (χ3n) is 4.98. The summed E-state index contributed by atoms with van der Waals surface area (Å²) in [5.41, 5.74) is 2.90. The molecule has 1 unspecified atom stereocenters. The quantitative estimate of drug-likeness (QED) is 0.740. The minimum absolute atomic E-state index is 0.0462. The van der Waals surface area contributed by atoms with Crippen molar-refractivity contribution in [3.63, 3.8) is 0 Å². The van der Waals surface area contributed by atoms with E-state index >= 15 is 0 Å². The first-order chi connectivity index (χ1) is 12.2. The molecule has 25 heavy (non-hydrogen) atoms. The molecule has 1 amide bonds. The second-order valence-corrected chi connectivity index (χ2v) is 6.88. The first-order valence-electron chi connectivity index (χ1n) is 8.80. The summed E-state index contributed by atoms with van der Waals surface area (Å²) in [6.45, 7) is 1.62. The molecular weight excluding hydrogens is 312 g/mol. The average molecular weight is 334 g/mol. The lowest BCUT2D eigenvalue weighted by Gasteiger charge is -2.32. The van der Waals surface area contributed by atoms with Gasteiger partial charge in [-0.2, -0.15) is 0 Å². The van der Waals surface area contributed by atoms with E-state index in [1.165, 1.54) is 10.9 Å². The zero-order chi connectivity index (χ0) is 17.2. The SMILES string of the molecule is Cn1cnc(C(=O)N2CCCC(Cc3ccnc4ccccc34)C2)c1. The second kappa shape index (κ2) is 6.67. The van der Waals surface area contributed by atoms with Crippen molar-refractivity contribution in [3.05, 3.63) is 60.3 Å². The van der Waals surface area contributed by atoms with Gasteiger partial charge in [-0.15, -0.1) is 0 Å². The van der Waals surface area contributed by atoms with Crippen molar-refractivity contribution in [3.8, 4) is 0 Å². The van der Waals surface area contributed by atoms with Crippen molar-refractivity contribution in [2.75, 3.05) is 13.1 Å². The second-order valence-electron chi connectivity index (χ2n) is 6.88. The number of aryl methyl sites for hydroxylation is 1. The molecule has 3 aromatic rings. The van der Waals surface area contributed by atoms with E-state index in [0.29, 0.717) is 11.6 Å². The lowest BCUT2D eigenvalue weighted by molar-refractivity contribution is 0.0668. The predicted molar refractivity (Wildman–Crippen MR) is 97.3 cm³/mol. The first-order valence-corrected chi connectivity index (χ1v) is 8.80. The molecular formula is C20H22N4O. The Morgan fingerprint density at radius 2 is 2.12 bits per heavy atom. The number of fused-ring (bicyclic) bond motifs is 1. The summed E-state index contributed by atoms with van der Waals surface area (Å²) in [6, 6.07) is 10.4. The van der Waals surface area contributed by atoms with E-state index in [-0.39, 0.29) is 5.91 Å². The van der Waals surface area contributed by atoms with Crippen LogP contribution < -0.4 is 0 Å². The number of nitrogens with zero attached hydrogens (tertiary/aromatic N) is 4. The van der Waals surface area contributed by atoms with Crippen molar-refractivity contribution >= 4 is 16.8 Å². The van der Waals surface area contributed by atoms with Crippen molar-refractivity contribution in [1.82, 2.24) is 19.4 Å². The highest BCUT2D eigenvalue weighted by Crippen LogP contribution is 2.25. The van der Waals surface area contributed by atoms with Gasteiger partial charge in [0, 0.05) is 37.9 Å². The Kier molecular flexibility index (Phi) is 4.22. The molecule has 1 aliphatic heterocycles. The molecule has 1 fully saturated rings. The van der Waals surface area contributed by atoms with E-state index in [2.05, 4.69) is 34.2 Å². The van der Waals surface area contributed by atoms with E-state index in [4.69, 9.17) is 0 Å². The van der Waals surface area contributed by atoms with Gasteiger partial charge in [-0.3, -0.25) is 9.78 Å². The van der Waals surface area contributed by atoms with Crippen LogP contribution >= 0.6 is 0 Å². The number of rotatable bonds is 3. The zero-order valence-corrected chi connectivity index (χ0v) is 14.4. The number of hydrogen-bond donors (Lipinski definition) is 0. The third kappa shape index (κ3) is 3.27. The van der Waals surface area contributed by atoms with Crippen LogP contribution in [0.3, 0.4) is 0 Å². The van der Waals surface area contributed by atoms with Crippen LogP contribution in [-0.2, 0) is 13.5 Å². The molecule has 0 radical (unpaired) electrons. The largest absolute Gasteiger partial charge is 0.340 e. The Balaban J connectivity index is 1.50. The molecule has 0 spiro atoms. The number of piperidine rings is 1. The Hall–Kier alpha value is -2.69. The Labute approximate surface area is 147 Å². The normalized spacial score (nSPS) is 17.8. The molecule has 5 nitrogen and oxygen atoms in total. The smallest absolute Gasteiger partial charge is 0.274 e. The minimum Gasteiger partial charge on any atom is -0.340 e. The summed E-state index contributed by atoms with van der Waals surface area (Å²) >= 11 is 0. The van der Waals surface area contributed by atoms with Gasteiger partial charge in [-0.1, -0.05) is 18.2 Å². The Morgan fingerprint density at radius 1 is 1.24 bits per heavy atom. The van der Waals surface area contributed by atoms with Gasteiger partial charge in [0.15, 0.2) is 0 Å². The summed E-state index contributed by atoms with van der Waals surface area (Å²) < 4.78 is 1.82. The molecule has 1 atom stereocenters. The number of benzene rings is 1. The Bertz CT molecular complexity index is 896. The highest BCUT2D eigenvalue weighted by molar-refractivity contribution is 5.92. The first kappa shape index (κ1) is 15.8. The van der Waals surface area contributed by atoms with Gasteiger partial charge in [-0.05, 0) is 42.9 Å².